The third-order valence-corrected chi connectivity index (χ3v) is 3.07. The molecule has 1 fully saturated rings. The van der Waals surface area contributed by atoms with Crippen LogP contribution in [0.5, 0.6) is 0 Å². The molecule has 0 aromatic carbocycles. The number of hydrogen-bond acceptors (Lipinski definition) is 3. The van der Waals surface area contributed by atoms with Gasteiger partial charge in [0.25, 0.3) is 0 Å². The van der Waals surface area contributed by atoms with Crippen LogP contribution in [0, 0.1) is 6.92 Å². The Morgan fingerprint density at radius 1 is 1.62 bits per heavy atom. The second-order valence-corrected chi connectivity index (χ2v) is 4.29. The predicted molar refractivity (Wildman–Crippen MR) is 59.5 cm³/mol. The SMILES string of the molecule is CCN(Cc1cc(C(=O)O)oc1C)C1CC1. The molecule has 0 unspecified atom stereocenters. The molecule has 4 nitrogen and oxygen atoms in total. The molecule has 0 spiro atoms. The van der Waals surface area contributed by atoms with Crippen LogP contribution in [0.2, 0.25) is 0 Å². The van der Waals surface area contributed by atoms with E-state index in [1.165, 1.54) is 12.8 Å². The molecule has 4 heteroatoms. The first kappa shape index (κ1) is 11.2. The molecule has 1 aromatic heterocycles. The molecule has 2 rings (SSSR count). The van der Waals surface area contributed by atoms with E-state index in [9.17, 15) is 4.79 Å². The Bertz CT molecular complexity index is 393. The number of aromatic carboxylic acids is 1. The van der Waals surface area contributed by atoms with Gasteiger partial charge in [-0.05, 0) is 32.4 Å². The first-order valence-electron chi connectivity index (χ1n) is 5.68. The third-order valence-electron chi connectivity index (χ3n) is 3.07. The summed E-state index contributed by atoms with van der Waals surface area (Å²) >= 11 is 0. The lowest BCUT2D eigenvalue weighted by molar-refractivity contribution is 0.0661. The van der Waals surface area contributed by atoms with Gasteiger partial charge in [0, 0.05) is 18.2 Å². The van der Waals surface area contributed by atoms with Crippen LogP contribution in [-0.4, -0.2) is 28.6 Å². The molecule has 1 N–H and O–H groups in total. The number of rotatable bonds is 5. The van der Waals surface area contributed by atoms with Crippen molar-refractivity contribution in [2.24, 2.45) is 0 Å². The molecular weight excluding hydrogens is 206 g/mol. The Morgan fingerprint density at radius 3 is 2.75 bits per heavy atom. The minimum Gasteiger partial charge on any atom is -0.475 e. The Kier molecular flexibility index (Phi) is 3.01. The van der Waals surface area contributed by atoms with E-state index in [4.69, 9.17) is 9.52 Å². The standard InChI is InChI=1S/C12H17NO3/c1-3-13(10-4-5-10)7-9-6-11(12(14)15)16-8(9)2/h6,10H,3-5,7H2,1-2H3,(H,14,15). The number of aryl methyl sites for hydroxylation is 1. The zero-order chi connectivity index (χ0) is 11.7. The van der Waals surface area contributed by atoms with E-state index < -0.39 is 5.97 Å². The van der Waals surface area contributed by atoms with E-state index in [1.807, 2.05) is 6.92 Å². The van der Waals surface area contributed by atoms with E-state index >= 15 is 0 Å². The quantitative estimate of drug-likeness (QED) is 0.832. The molecule has 1 aliphatic carbocycles. The summed E-state index contributed by atoms with van der Waals surface area (Å²) in [7, 11) is 0. The minimum absolute atomic E-state index is 0.0411. The second kappa shape index (κ2) is 4.29. The normalized spacial score (nSPS) is 15.7. The molecule has 0 atom stereocenters. The van der Waals surface area contributed by atoms with Crippen molar-refractivity contribution in [3.8, 4) is 0 Å². The van der Waals surface area contributed by atoms with Crippen LogP contribution in [0.1, 0.15) is 41.6 Å². The van der Waals surface area contributed by atoms with Gasteiger partial charge in [-0.3, -0.25) is 4.90 Å². The van der Waals surface area contributed by atoms with Crippen molar-refractivity contribution in [1.29, 1.82) is 0 Å². The van der Waals surface area contributed by atoms with Gasteiger partial charge in [-0.25, -0.2) is 4.79 Å². The highest BCUT2D eigenvalue weighted by Crippen LogP contribution is 2.29. The molecule has 1 heterocycles. The highest BCUT2D eigenvalue weighted by Gasteiger charge is 2.28. The minimum atomic E-state index is -0.996. The molecular formula is C12H17NO3. The lowest BCUT2D eigenvalue weighted by Crippen LogP contribution is -2.25. The van der Waals surface area contributed by atoms with Crippen molar-refractivity contribution in [2.45, 2.75) is 39.3 Å². The van der Waals surface area contributed by atoms with E-state index in [2.05, 4.69) is 11.8 Å². The van der Waals surface area contributed by atoms with Crippen molar-refractivity contribution in [3.05, 3.63) is 23.2 Å². The number of furan rings is 1. The van der Waals surface area contributed by atoms with Crippen LogP contribution >= 0.6 is 0 Å². The number of carboxylic acids is 1. The molecule has 0 bridgehead atoms. The summed E-state index contributed by atoms with van der Waals surface area (Å²) in [5.74, 6) is -0.236. The van der Waals surface area contributed by atoms with Gasteiger partial charge in [-0.15, -0.1) is 0 Å². The van der Waals surface area contributed by atoms with Crippen LogP contribution in [0.15, 0.2) is 10.5 Å². The summed E-state index contributed by atoms with van der Waals surface area (Å²) in [4.78, 5) is 13.1. The number of nitrogens with zero attached hydrogens (tertiary/aromatic N) is 1. The van der Waals surface area contributed by atoms with Crippen molar-refractivity contribution in [3.63, 3.8) is 0 Å². The van der Waals surface area contributed by atoms with Gasteiger partial charge in [0.05, 0.1) is 0 Å². The van der Waals surface area contributed by atoms with Crippen molar-refractivity contribution in [1.82, 2.24) is 4.90 Å². The average Bonchev–Trinajstić information content (AvgIpc) is 3.00. The summed E-state index contributed by atoms with van der Waals surface area (Å²) in [5.41, 5.74) is 0.992. The molecule has 0 aliphatic heterocycles. The molecule has 0 radical (unpaired) electrons. The van der Waals surface area contributed by atoms with Gasteiger partial charge < -0.3 is 9.52 Å². The van der Waals surface area contributed by atoms with E-state index in [0.29, 0.717) is 6.04 Å². The second-order valence-electron chi connectivity index (χ2n) is 4.29. The van der Waals surface area contributed by atoms with Gasteiger partial charge in [-0.1, -0.05) is 6.92 Å². The van der Waals surface area contributed by atoms with Gasteiger partial charge in [0.2, 0.25) is 5.76 Å². The first-order valence-corrected chi connectivity index (χ1v) is 5.68. The third kappa shape index (κ3) is 2.27. The van der Waals surface area contributed by atoms with Gasteiger partial charge in [0.15, 0.2) is 0 Å². The summed E-state index contributed by atoms with van der Waals surface area (Å²) in [5, 5.41) is 8.83. The maximum absolute atomic E-state index is 10.8. The lowest BCUT2D eigenvalue weighted by atomic mass is 10.2. The Balaban J connectivity index is 2.10. The Labute approximate surface area is 94.9 Å². The van der Waals surface area contributed by atoms with E-state index in [0.717, 1.165) is 24.4 Å². The molecule has 0 saturated heterocycles. The maximum atomic E-state index is 10.8. The van der Waals surface area contributed by atoms with Crippen molar-refractivity contribution >= 4 is 5.97 Å². The fourth-order valence-corrected chi connectivity index (χ4v) is 1.94. The first-order chi connectivity index (χ1) is 7.61. The molecule has 16 heavy (non-hydrogen) atoms. The van der Waals surface area contributed by atoms with Crippen LogP contribution in [0.4, 0.5) is 0 Å². The molecule has 1 aliphatic rings. The van der Waals surface area contributed by atoms with Crippen LogP contribution in [-0.2, 0) is 6.54 Å². The monoisotopic (exact) mass is 223 g/mol. The number of hydrogen-bond donors (Lipinski definition) is 1. The predicted octanol–water partition coefficient (Wildman–Crippen LogP) is 2.27. The van der Waals surface area contributed by atoms with Gasteiger partial charge in [-0.2, -0.15) is 0 Å². The van der Waals surface area contributed by atoms with Crippen LogP contribution in [0.3, 0.4) is 0 Å². The lowest BCUT2D eigenvalue weighted by Gasteiger charge is -2.18. The highest BCUT2D eigenvalue weighted by atomic mass is 16.4. The number of carbonyl (C=O) groups is 1. The summed E-state index contributed by atoms with van der Waals surface area (Å²) < 4.78 is 5.20. The zero-order valence-corrected chi connectivity index (χ0v) is 9.69. The van der Waals surface area contributed by atoms with Crippen molar-refractivity contribution in [2.75, 3.05) is 6.54 Å². The Hall–Kier alpha value is -1.29. The molecule has 1 aromatic rings. The fraction of sp³-hybridized carbons (Fsp3) is 0.583. The summed E-state index contributed by atoms with van der Waals surface area (Å²) in [6, 6.07) is 2.33. The molecule has 88 valence electrons. The highest BCUT2D eigenvalue weighted by molar-refractivity contribution is 5.84. The average molecular weight is 223 g/mol. The number of carboxylic acid groups (broad SMARTS) is 1. The molecule has 0 amide bonds. The van der Waals surface area contributed by atoms with Crippen molar-refractivity contribution < 1.29 is 14.3 Å². The van der Waals surface area contributed by atoms with Gasteiger partial charge in [0.1, 0.15) is 5.76 Å². The molecule has 1 saturated carbocycles. The van der Waals surface area contributed by atoms with Crippen LogP contribution in [0.25, 0.3) is 0 Å². The van der Waals surface area contributed by atoms with Crippen LogP contribution < -0.4 is 0 Å². The van der Waals surface area contributed by atoms with Gasteiger partial charge >= 0.3 is 5.97 Å². The fourth-order valence-electron chi connectivity index (χ4n) is 1.94. The maximum Gasteiger partial charge on any atom is 0.371 e. The van der Waals surface area contributed by atoms with E-state index in [-0.39, 0.29) is 5.76 Å². The van der Waals surface area contributed by atoms with E-state index in [1.54, 1.807) is 6.07 Å². The Morgan fingerprint density at radius 2 is 2.31 bits per heavy atom. The smallest absolute Gasteiger partial charge is 0.371 e. The largest absolute Gasteiger partial charge is 0.475 e. The topological polar surface area (TPSA) is 53.7 Å². The summed E-state index contributed by atoms with van der Waals surface area (Å²) in [6.07, 6.45) is 2.52. The summed E-state index contributed by atoms with van der Waals surface area (Å²) in [6.45, 7) is 5.75. The zero-order valence-electron chi connectivity index (χ0n) is 9.69.